The second-order valence-electron chi connectivity index (χ2n) is 4.60. The smallest absolute Gasteiger partial charge is 0.227 e. The molecule has 0 amide bonds. The first-order valence-electron chi connectivity index (χ1n) is 6.14. The lowest BCUT2D eigenvalue weighted by molar-refractivity contribution is 0.588. The Labute approximate surface area is 116 Å². The maximum absolute atomic E-state index is 12.4. The van der Waals surface area contributed by atoms with Gasteiger partial charge in [-0.15, -0.1) is 0 Å². The monoisotopic (exact) mass is 287 g/mol. The highest BCUT2D eigenvalue weighted by Gasteiger charge is 2.20. The molecule has 2 aromatic heterocycles. The number of aromatic amines is 1. The van der Waals surface area contributed by atoms with Crippen LogP contribution in [0.4, 0.5) is 0 Å². The number of benzene rings is 1. The molecule has 0 saturated heterocycles. The summed E-state index contributed by atoms with van der Waals surface area (Å²) in [5.74, 6) is -0.0699. The Bertz CT molecular complexity index is 836. The molecule has 5 nitrogen and oxygen atoms in total. The van der Waals surface area contributed by atoms with Crippen molar-refractivity contribution in [2.75, 3.05) is 0 Å². The van der Waals surface area contributed by atoms with Gasteiger partial charge in [0, 0.05) is 6.20 Å². The minimum Gasteiger partial charge on any atom is -0.327 e. The number of nitrogens with zero attached hydrogens (tertiary/aromatic N) is 2. The second-order valence-corrected chi connectivity index (χ2v) is 6.51. The average Bonchev–Trinajstić information content (AvgIpc) is 2.86. The molecule has 3 rings (SSSR count). The molecule has 0 bridgehead atoms. The van der Waals surface area contributed by atoms with E-state index in [1.54, 1.807) is 18.3 Å². The maximum atomic E-state index is 12.4. The first-order valence-corrected chi connectivity index (χ1v) is 7.79. The van der Waals surface area contributed by atoms with Crippen LogP contribution in [-0.4, -0.2) is 23.4 Å². The van der Waals surface area contributed by atoms with Crippen LogP contribution in [0.25, 0.3) is 11.2 Å². The summed E-state index contributed by atoms with van der Waals surface area (Å²) in [6, 6.07) is 10.9. The Morgan fingerprint density at radius 2 is 1.95 bits per heavy atom. The van der Waals surface area contributed by atoms with E-state index in [1.165, 1.54) is 0 Å². The van der Waals surface area contributed by atoms with Gasteiger partial charge in [-0.3, -0.25) is 0 Å². The van der Waals surface area contributed by atoms with Crippen molar-refractivity contribution in [2.45, 2.75) is 17.8 Å². The van der Waals surface area contributed by atoms with E-state index in [1.807, 2.05) is 31.2 Å². The molecule has 0 spiro atoms. The van der Waals surface area contributed by atoms with Gasteiger partial charge >= 0.3 is 0 Å². The molecule has 3 aromatic rings. The van der Waals surface area contributed by atoms with Crippen LogP contribution in [0.5, 0.6) is 0 Å². The van der Waals surface area contributed by atoms with Gasteiger partial charge in [-0.2, -0.15) is 4.98 Å². The van der Waals surface area contributed by atoms with Crippen molar-refractivity contribution >= 4 is 21.0 Å². The van der Waals surface area contributed by atoms with Crippen LogP contribution in [-0.2, 0) is 15.6 Å². The lowest BCUT2D eigenvalue weighted by Gasteiger charge is -2.04. The number of sulfone groups is 1. The Kier molecular flexibility index (Phi) is 3.02. The largest absolute Gasteiger partial charge is 0.327 e. The van der Waals surface area contributed by atoms with Crippen molar-refractivity contribution in [3.05, 3.63) is 53.7 Å². The number of imidazole rings is 1. The second kappa shape index (κ2) is 4.72. The Balaban J connectivity index is 2.01. The molecule has 0 fully saturated rings. The topological polar surface area (TPSA) is 75.7 Å². The fraction of sp³-hybridized carbons (Fsp3) is 0.143. The maximum Gasteiger partial charge on any atom is 0.227 e. The molecule has 20 heavy (non-hydrogen) atoms. The van der Waals surface area contributed by atoms with Crippen molar-refractivity contribution in [3.63, 3.8) is 0 Å². The summed E-state index contributed by atoms with van der Waals surface area (Å²) in [5, 5.41) is -0.0329. The summed E-state index contributed by atoms with van der Waals surface area (Å²) in [5.41, 5.74) is 2.76. The van der Waals surface area contributed by atoms with Gasteiger partial charge in [0.05, 0.1) is 11.3 Å². The number of aromatic nitrogens is 3. The average molecular weight is 287 g/mol. The molecule has 0 unspecified atom stereocenters. The molecule has 0 saturated carbocycles. The molecule has 0 aliphatic rings. The Hall–Kier alpha value is -2.21. The third-order valence-electron chi connectivity index (χ3n) is 3.14. The van der Waals surface area contributed by atoms with Gasteiger partial charge in [0.1, 0.15) is 0 Å². The highest BCUT2D eigenvalue weighted by Crippen LogP contribution is 2.18. The molecule has 102 valence electrons. The van der Waals surface area contributed by atoms with Gasteiger partial charge in [-0.05, 0) is 30.2 Å². The summed E-state index contributed by atoms with van der Waals surface area (Å²) in [6.45, 7) is 1.89. The number of hydrogen-bond acceptors (Lipinski definition) is 4. The molecule has 1 N–H and O–H groups in total. The van der Waals surface area contributed by atoms with E-state index in [-0.39, 0.29) is 10.9 Å². The van der Waals surface area contributed by atoms with Gasteiger partial charge in [0.2, 0.25) is 15.0 Å². The molecule has 1 aromatic carbocycles. The molecular formula is C14H13N3O2S. The van der Waals surface area contributed by atoms with Crippen LogP contribution in [0.15, 0.2) is 47.8 Å². The van der Waals surface area contributed by atoms with E-state index >= 15 is 0 Å². The molecule has 0 radical (unpaired) electrons. The number of nitrogens with one attached hydrogen (secondary N) is 1. The van der Waals surface area contributed by atoms with E-state index < -0.39 is 9.84 Å². The number of rotatable bonds is 3. The van der Waals surface area contributed by atoms with Gasteiger partial charge in [0.25, 0.3) is 0 Å². The first kappa shape index (κ1) is 12.8. The number of aryl methyl sites for hydroxylation is 1. The highest BCUT2D eigenvalue weighted by atomic mass is 32.2. The molecule has 0 aliphatic heterocycles. The number of pyridine rings is 1. The normalized spacial score (nSPS) is 11.8. The first-order chi connectivity index (χ1) is 9.56. The SMILES string of the molecule is Cc1ccccc1CS(=O)(=O)c1nc2ncccc2[nH]1. The third-order valence-corrected chi connectivity index (χ3v) is 4.61. The van der Waals surface area contributed by atoms with Gasteiger partial charge in [-0.1, -0.05) is 24.3 Å². The fourth-order valence-corrected chi connectivity index (χ4v) is 3.38. The number of H-pyrrole nitrogens is 1. The highest BCUT2D eigenvalue weighted by molar-refractivity contribution is 7.90. The molecular weight excluding hydrogens is 274 g/mol. The lowest BCUT2D eigenvalue weighted by Crippen LogP contribution is -2.07. The van der Waals surface area contributed by atoms with E-state index in [0.717, 1.165) is 11.1 Å². The van der Waals surface area contributed by atoms with Gasteiger partial charge in [0.15, 0.2) is 5.65 Å². The molecule has 0 aliphatic carbocycles. The minimum absolute atomic E-state index is 0.0329. The van der Waals surface area contributed by atoms with Crippen LogP contribution in [0.3, 0.4) is 0 Å². The van der Waals surface area contributed by atoms with Crippen LogP contribution >= 0.6 is 0 Å². The Morgan fingerprint density at radius 1 is 1.15 bits per heavy atom. The van der Waals surface area contributed by atoms with Crippen LogP contribution < -0.4 is 0 Å². The molecule has 2 heterocycles. The third kappa shape index (κ3) is 2.30. The zero-order valence-electron chi connectivity index (χ0n) is 10.9. The van der Waals surface area contributed by atoms with Crippen LogP contribution in [0.1, 0.15) is 11.1 Å². The van der Waals surface area contributed by atoms with Crippen LogP contribution in [0.2, 0.25) is 0 Å². The summed E-state index contributed by atoms with van der Waals surface area (Å²) < 4.78 is 24.8. The van der Waals surface area contributed by atoms with E-state index in [9.17, 15) is 8.42 Å². The van der Waals surface area contributed by atoms with Crippen molar-refractivity contribution in [2.24, 2.45) is 0 Å². The number of hydrogen-bond donors (Lipinski definition) is 1. The number of fused-ring (bicyclic) bond motifs is 1. The van der Waals surface area contributed by atoms with Gasteiger partial charge in [-0.25, -0.2) is 13.4 Å². The Morgan fingerprint density at radius 3 is 2.70 bits per heavy atom. The van der Waals surface area contributed by atoms with Crippen molar-refractivity contribution < 1.29 is 8.42 Å². The zero-order valence-corrected chi connectivity index (χ0v) is 11.7. The standard InChI is InChI=1S/C14H13N3O2S/c1-10-5-2-3-6-11(10)9-20(18,19)14-16-12-7-4-8-15-13(12)17-14/h2-8H,9H2,1H3,(H,15,16,17). The van der Waals surface area contributed by atoms with Crippen LogP contribution in [0, 0.1) is 6.92 Å². The van der Waals surface area contributed by atoms with Gasteiger partial charge < -0.3 is 4.98 Å². The summed E-state index contributed by atoms with van der Waals surface area (Å²) in [7, 11) is -3.50. The molecule has 6 heteroatoms. The van der Waals surface area contributed by atoms with E-state index in [2.05, 4.69) is 15.0 Å². The summed E-state index contributed by atoms with van der Waals surface area (Å²) in [4.78, 5) is 10.9. The summed E-state index contributed by atoms with van der Waals surface area (Å²) >= 11 is 0. The quantitative estimate of drug-likeness (QED) is 0.801. The minimum atomic E-state index is -3.50. The fourth-order valence-electron chi connectivity index (χ4n) is 2.02. The van der Waals surface area contributed by atoms with E-state index in [0.29, 0.717) is 11.2 Å². The predicted octanol–water partition coefficient (Wildman–Crippen LogP) is 2.24. The predicted molar refractivity (Wildman–Crippen MR) is 76.0 cm³/mol. The zero-order chi connectivity index (χ0) is 14.2. The lowest BCUT2D eigenvalue weighted by atomic mass is 10.1. The van der Waals surface area contributed by atoms with Crippen molar-refractivity contribution in [1.29, 1.82) is 0 Å². The van der Waals surface area contributed by atoms with Crippen molar-refractivity contribution in [1.82, 2.24) is 15.0 Å². The molecule has 0 atom stereocenters. The van der Waals surface area contributed by atoms with Crippen molar-refractivity contribution in [3.8, 4) is 0 Å². The summed E-state index contributed by atoms with van der Waals surface area (Å²) in [6.07, 6.45) is 1.58. The van der Waals surface area contributed by atoms with E-state index in [4.69, 9.17) is 0 Å².